The summed E-state index contributed by atoms with van der Waals surface area (Å²) in [6.45, 7) is 0. The van der Waals surface area contributed by atoms with Crippen LogP contribution in [0.3, 0.4) is 0 Å². The molecule has 0 amide bonds. The van der Waals surface area contributed by atoms with Gasteiger partial charge >= 0.3 is 0 Å². The quantitative estimate of drug-likeness (QED) is 0.179. The highest BCUT2D eigenvalue weighted by molar-refractivity contribution is 5.88. The van der Waals surface area contributed by atoms with E-state index < -0.39 is 0 Å². The van der Waals surface area contributed by atoms with Gasteiger partial charge in [-0.25, -0.2) is 0 Å². The molecule has 0 bridgehead atoms. The third-order valence-electron chi connectivity index (χ3n) is 6.97. The second-order valence-electron chi connectivity index (χ2n) is 10.4. The Bertz CT molecular complexity index is 1990. The van der Waals surface area contributed by atoms with Crippen molar-refractivity contribution in [3.8, 4) is 47.4 Å². The zero-order valence-electron chi connectivity index (χ0n) is 25.2. The maximum absolute atomic E-state index is 3.28. The van der Waals surface area contributed by atoms with E-state index in [1.165, 1.54) is 0 Å². The number of hydrogen-bond donors (Lipinski definition) is 0. The predicted molar refractivity (Wildman–Crippen MR) is 193 cm³/mol. The highest BCUT2D eigenvalue weighted by Crippen LogP contribution is 2.21. The smallest absolute Gasteiger partial charge is 0.0622 e. The fourth-order valence-electron chi connectivity index (χ4n) is 4.65. The molecule has 0 saturated heterocycles. The minimum atomic E-state index is 0.755. The van der Waals surface area contributed by atoms with E-state index in [2.05, 4.69) is 95.9 Å². The fourth-order valence-corrected chi connectivity index (χ4v) is 4.65. The molecule has 6 rings (SSSR count). The highest BCUT2D eigenvalue weighted by Gasteiger charge is 2.00. The summed E-state index contributed by atoms with van der Waals surface area (Å²) < 4.78 is 0. The summed E-state index contributed by atoms with van der Waals surface area (Å²) in [7, 11) is 0. The van der Waals surface area contributed by atoms with Crippen LogP contribution in [0, 0.1) is 47.4 Å². The molecule has 212 valence electrons. The molecule has 0 saturated carbocycles. The first-order valence-electron chi connectivity index (χ1n) is 15.0. The summed E-state index contributed by atoms with van der Waals surface area (Å²) in [5, 5.41) is 2.26. The molecule has 0 aliphatic heterocycles. The van der Waals surface area contributed by atoms with Gasteiger partial charge in [0.05, 0.1) is 11.1 Å². The molecule has 0 N–H and O–H groups in total. The maximum atomic E-state index is 3.28. The predicted octanol–water partition coefficient (Wildman–Crippen LogP) is 9.81. The van der Waals surface area contributed by atoms with Crippen molar-refractivity contribution in [1.29, 1.82) is 0 Å². The van der Waals surface area contributed by atoms with Gasteiger partial charge in [-0.1, -0.05) is 144 Å². The zero-order chi connectivity index (χ0) is 31.2. The standard InChI is InChI=1S/C46H28/c1-5-13-37(14-6-1)21-25-41(26-22-38-15-7-2-8-16-38)33-43-29-31-46-36-44(30-32-45(46)35-43)34-42(27-23-39-17-9-3-10-18-39)28-24-40-19-11-4-12-20-40/h1-20,29-36H. The molecule has 0 aliphatic carbocycles. The van der Waals surface area contributed by atoms with Crippen molar-refractivity contribution >= 4 is 22.9 Å². The number of hydrogen-bond acceptors (Lipinski definition) is 0. The van der Waals surface area contributed by atoms with E-state index in [0.29, 0.717) is 0 Å². The molecule has 0 unspecified atom stereocenters. The van der Waals surface area contributed by atoms with Gasteiger partial charge in [-0.15, -0.1) is 0 Å². The van der Waals surface area contributed by atoms with Crippen LogP contribution in [-0.4, -0.2) is 0 Å². The lowest BCUT2D eigenvalue weighted by molar-refractivity contribution is 1.64. The summed E-state index contributed by atoms with van der Waals surface area (Å²) in [5.41, 5.74) is 7.41. The molecule has 0 heterocycles. The molecule has 6 aromatic carbocycles. The highest BCUT2D eigenvalue weighted by atomic mass is 14.0. The SMILES string of the molecule is C(#Cc1ccccc1)C(C#Cc1ccccc1)=Cc1ccc2cc(C=C(C#Cc3ccccc3)C#Cc3ccccc3)ccc2c1. The maximum Gasteiger partial charge on any atom is 0.0757 e. The first-order chi connectivity index (χ1) is 22.8. The Labute approximate surface area is 271 Å². The van der Waals surface area contributed by atoms with Crippen LogP contribution < -0.4 is 0 Å². The van der Waals surface area contributed by atoms with E-state index in [-0.39, 0.29) is 0 Å². The Morgan fingerprint density at radius 2 is 0.609 bits per heavy atom. The molecular weight excluding hydrogens is 553 g/mol. The van der Waals surface area contributed by atoms with Crippen LogP contribution in [0.4, 0.5) is 0 Å². The van der Waals surface area contributed by atoms with Gasteiger partial charge in [0.15, 0.2) is 0 Å². The van der Waals surface area contributed by atoms with E-state index in [1.54, 1.807) is 0 Å². The zero-order valence-corrected chi connectivity index (χ0v) is 25.2. The van der Waals surface area contributed by atoms with Crippen molar-refractivity contribution in [1.82, 2.24) is 0 Å². The summed E-state index contributed by atoms with van der Waals surface area (Å²) in [4.78, 5) is 0. The Kier molecular flexibility index (Phi) is 9.68. The van der Waals surface area contributed by atoms with Crippen LogP contribution in [0.15, 0.2) is 169 Å². The number of benzene rings is 6. The van der Waals surface area contributed by atoms with Crippen molar-refractivity contribution in [2.45, 2.75) is 0 Å². The van der Waals surface area contributed by atoms with Gasteiger partial charge in [0, 0.05) is 22.3 Å². The van der Waals surface area contributed by atoms with Gasteiger partial charge < -0.3 is 0 Å². The second-order valence-corrected chi connectivity index (χ2v) is 10.4. The first-order valence-corrected chi connectivity index (χ1v) is 15.0. The summed E-state index contributed by atoms with van der Waals surface area (Å²) in [6, 6.07) is 52.7. The van der Waals surface area contributed by atoms with E-state index in [9.17, 15) is 0 Å². The summed E-state index contributed by atoms with van der Waals surface area (Å²) in [5.74, 6) is 26.2. The fraction of sp³-hybridized carbons (Fsp3) is 0. The second kappa shape index (κ2) is 15.2. The van der Waals surface area contributed by atoms with Crippen LogP contribution >= 0.6 is 0 Å². The largest absolute Gasteiger partial charge is 0.0757 e. The molecule has 0 atom stereocenters. The number of rotatable bonds is 2. The van der Waals surface area contributed by atoms with Gasteiger partial charge in [0.1, 0.15) is 0 Å². The number of allylic oxidation sites excluding steroid dienone is 2. The first kappa shape index (κ1) is 29.4. The van der Waals surface area contributed by atoms with Gasteiger partial charge in [-0.05, 0) is 94.7 Å². The average Bonchev–Trinajstić information content (AvgIpc) is 3.12. The minimum absolute atomic E-state index is 0.755. The van der Waals surface area contributed by atoms with E-state index in [0.717, 1.165) is 55.3 Å². The van der Waals surface area contributed by atoms with Gasteiger partial charge in [0.25, 0.3) is 0 Å². The molecule has 0 nitrogen and oxygen atoms in total. The summed E-state index contributed by atoms with van der Waals surface area (Å²) >= 11 is 0. The molecule has 0 radical (unpaired) electrons. The van der Waals surface area contributed by atoms with Crippen LogP contribution in [-0.2, 0) is 0 Å². The van der Waals surface area contributed by atoms with E-state index in [1.807, 2.05) is 121 Å². The van der Waals surface area contributed by atoms with Crippen LogP contribution in [0.1, 0.15) is 33.4 Å². The molecule has 0 fully saturated rings. The van der Waals surface area contributed by atoms with Crippen LogP contribution in [0.5, 0.6) is 0 Å². The van der Waals surface area contributed by atoms with Crippen LogP contribution in [0.25, 0.3) is 22.9 Å². The van der Waals surface area contributed by atoms with Crippen LogP contribution in [0.2, 0.25) is 0 Å². The molecule has 46 heavy (non-hydrogen) atoms. The van der Waals surface area contributed by atoms with Gasteiger partial charge in [-0.3, -0.25) is 0 Å². The lowest BCUT2D eigenvalue weighted by atomic mass is 10.0. The van der Waals surface area contributed by atoms with Crippen molar-refractivity contribution in [3.63, 3.8) is 0 Å². The third-order valence-corrected chi connectivity index (χ3v) is 6.97. The Morgan fingerprint density at radius 1 is 0.326 bits per heavy atom. The molecule has 0 spiro atoms. The lowest BCUT2D eigenvalue weighted by Crippen LogP contribution is -1.83. The summed E-state index contributed by atoms with van der Waals surface area (Å²) in [6.07, 6.45) is 4.10. The van der Waals surface area contributed by atoms with Crippen molar-refractivity contribution < 1.29 is 0 Å². The molecule has 0 aromatic heterocycles. The Morgan fingerprint density at radius 3 is 0.891 bits per heavy atom. The minimum Gasteiger partial charge on any atom is -0.0622 e. The Balaban J connectivity index is 1.32. The molecular formula is C46H28. The molecule has 0 heteroatoms. The topological polar surface area (TPSA) is 0 Å². The van der Waals surface area contributed by atoms with E-state index >= 15 is 0 Å². The molecule has 6 aromatic rings. The van der Waals surface area contributed by atoms with Crippen molar-refractivity contribution in [2.24, 2.45) is 0 Å². The van der Waals surface area contributed by atoms with E-state index in [4.69, 9.17) is 0 Å². The van der Waals surface area contributed by atoms with Gasteiger partial charge in [-0.2, -0.15) is 0 Å². The van der Waals surface area contributed by atoms with Gasteiger partial charge in [0.2, 0.25) is 0 Å². The van der Waals surface area contributed by atoms with Crippen molar-refractivity contribution in [3.05, 3.63) is 202 Å². The Hall–Kier alpha value is -6.70. The average molecular weight is 581 g/mol. The molecule has 0 aliphatic rings. The normalized spacial score (nSPS) is 9.48. The number of fused-ring (bicyclic) bond motifs is 1. The monoisotopic (exact) mass is 580 g/mol. The third kappa shape index (κ3) is 8.67. The lowest BCUT2D eigenvalue weighted by Gasteiger charge is -2.03. The van der Waals surface area contributed by atoms with Crippen molar-refractivity contribution in [2.75, 3.05) is 0 Å².